The molecule has 0 heterocycles. The SMILES string of the molecule is CC(C)(C)c1ccc(N(CC(=O)N(Cc2ccccc2)[C@H](Cc2ccccc2)C(=O)NC2CCCC2)S(C)(=O)=O)cc1. The predicted octanol–water partition coefficient (Wildman–Crippen LogP) is 5.45. The first-order valence-corrected chi connectivity index (χ1v) is 16.5. The van der Waals surface area contributed by atoms with Gasteiger partial charge in [0.15, 0.2) is 0 Å². The molecule has 224 valence electrons. The van der Waals surface area contributed by atoms with Gasteiger partial charge in [-0.1, -0.05) is 106 Å². The van der Waals surface area contributed by atoms with Crippen LogP contribution < -0.4 is 9.62 Å². The number of anilines is 1. The first-order valence-electron chi connectivity index (χ1n) is 14.7. The van der Waals surface area contributed by atoms with Crippen LogP contribution in [0, 0.1) is 0 Å². The van der Waals surface area contributed by atoms with Crippen LogP contribution in [0.3, 0.4) is 0 Å². The van der Waals surface area contributed by atoms with Crippen molar-refractivity contribution in [3.63, 3.8) is 0 Å². The highest BCUT2D eigenvalue weighted by atomic mass is 32.2. The van der Waals surface area contributed by atoms with Gasteiger partial charge in [0, 0.05) is 19.0 Å². The van der Waals surface area contributed by atoms with E-state index in [0.717, 1.165) is 52.9 Å². The number of hydrogen-bond donors (Lipinski definition) is 1. The lowest BCUT2D eigenvalue weighted by atomic mass is 9.87. The summed E-state index contributed by atoms with van der Waals surface area (Å²) in [6, 6.07) is 25.7. The fourth-order valence-electron chi connectivity index (χ4n) is 5.44. The van der Waals surface area contributed by atoms with E-state index in [1.54, 1.807) is 17.0 Å². The average molecular weight is 590 g/mol. The maximum absolute atomic E-state index is 14.2. The van der Waals surface area contributed by atoms with Gasteiger partial charge >= 0.3 is 0 Å². The van der Waals surface area contributed by atoms with E-state index in [2.05, 4.69) is 26.1 Å². The first kappa shape index (κ1) is 31.3. The van der Waals surface area contributed by atoms with Gasteiger partial charge in [0.1, 0.15) is 12.6 Å². The van der Waals surface area contributed by atoms with Crippen molar-refractivity contribution in [1.29, 1.82) is 0 Å². The Morgan fingerprint density at radius 2 is 1.40 bits per heavy atom. The number of benzene rings is 3. The minimum absolute atomic E-state index is 0.0818. The number of hydrogen-bond acceptors (Lipinski definition) is 4. The van der Waals surface area contributed by atoms with E-state index in [-0.39, 0.29) is 23.9 Å². The zero-order valence-electron chi connectivity index (χ0n) is 25.1. The molecule has 0 bridgehead atoms. The van der Waals surface area contributed by atoms with Gasteiger partial charge in [0.25, 0.3) is 0 Å². The quantitative estimate of drug-likeness (QED) is 0.322. The lowest BCUT2D eigenvalue weighted by molar-refractivity contribution is -0.140. The van der Waals surface area contributed by atoms with Gasteiger partial charge in [-0.05, 0) is 47.1 Å². The molecule has 4 rings (SSSR count). The van der Waals surface area contributed by atoms with Crippen LogP contribution in [0.25, 0.3) is 0 Å². The second-order valence-corrected chi connectivity index (χ2v) is 14.2. The van der Waals surface area contributed by atoms with Crippen LogP contribution >= 0.6 is 0 Å². The summed E-state index contributed by atoms with van der Waals surface area (Å²) in [6.07, 6.45) is 5.40. The molecule has 1 aliphatic rings. The van der Waals surface area contributed by atoms with Crippen LogP contribution in [0.5, 0.6) is 0 Å². The molecule has 1 atom stereocenters. The highest BCUT2D eigenvalue weighted by Gasteiger charge is 2.34. The predicted molar refractivity (Wildman–Crippen MR) is 169 cm³/mol. The van der Waals surface area contributed by atoms with Crippen molar-refractivity contribution in [1.82, 2.24) is 10.2 Å². The van der Waals surface area contributed by atoms with Crippen molar-refractivity contribution in [3.8, 4) is 0 Å². The molecular weight excluding hydrogens is 546 g/mol. The van der Waals surface area contributed by atoms with E-state index < -0.39 is 28.5 Å². The van der Waals surface area contributed by atoms with E-state index in [4.69, 9.17) is 0 Å². The maximum atomic E-state index is 14.2. The number of carbonyl (C=O) groups excluding carboxylic acids is 2. The van der Waals surface area contributed by atoms with E-state index in [1.807, 2.05) is 72.8 Å². The Kier molecular flexibility index (Phi) is 10.1. The third-order valence-corrected chi connectivity index (χ3v) is 9.01. The normalized spacial score (nSPS) is 14.8. The van der Waals surface area contributed by atoms with Crippen molar-refractivity contribution < 1.29 is 18.0 Å². The van der Waals surface area contributed by atoms with E-state index in [9.17, 15) is 18.0 Å². The van der Waals surface area contributed by atoms with Gasteiger partial charge in [-0.15, -0.1) is 0 Å². The van der Waals surface area contributed by atoms with Gasteiger partial charge < -0.3 is 10.2 Å². The number of nitrogens with zero attached hydrogens (tertiary/aromatic N) is 2. The molecule has 1 N–H and O–H groups in total. The Morgan fingerprint density at radius 1 is 0.857 bits per heavy atom. The molecule has 0 radical (unpaired) electrons. The minimum Gasteiger partial charge on any atom is -0.352 e. The largest absolute Gasteiger partial charge is 0.352 e. The summed E-state index contributed by atoms with van der Waals surface area (Å²) < 4.78 is 27.2. The van der Waals surface area contributed by atoms with Crippen molar-refractivity contribution in [2.45, 2.75) is 76.9 Å². The second-order valence-electron chi connectivity index (χ2n) is 12.3. The summed E-state index contributed by atoms with van der Waals surface area (Å²) in [7, 11) is -3.81. The van der Waals surface area contributed by atoms with E-state index in [0.29, 0.717) is 12.1 Å². The molecular formula is C34H43N3O4S. The van der Waals surface area contributed by atoms with Crippen molar-refractivity contribution in [2.75, 3.05) is 17.1 Å². The highest BCUT2D eigenvalue weighted by Crippen LogP contribution is 2.27. The topological polar surface area (TPSA) is 86.8 Å². The lowest BCUT2D eigenvalue weighted by Gasteiger charge is -2.34. The molecule has 0 aliphatic heterocycles. The van der Waals surface area contributed by atoms with Crippen LogP contribution in [0.4, 0.5) is 5.69 Å². The monoisotopic (exact) mass is 589 g/mol. The lowest BCUT2D eigenvalue weighted by Crippen LogP contribution is -2.54. The summed E-state index contributed by atoms with van der Waals surface area (Å²) in [4.78, 5) is 29.7. The molecule has 2 amide bonds. The molecule has 0 aromatic heterocycles. The number of amides is 2. The van der Waals surface area contributed by atoms with Crippen LogP contribution in [-0.2, 0) is 38.0 Å². The van der Waals surface area contributed by atoms with Gasteiger partial charge in [0.2, 0.25) is 21.8 Å². The van der Waals surface area contributed by atoms with Gasteiger partial charge in [-0.25, -0.2) is 8.42 Å². The summed E-state index contributed by atoms with van der Waals surface area (Å²) in [6.45, 7) is 6.03. The Balaban J connectivity index is 1.70. The molecule has 3 aromatic carbocycles. The van der Waals surface area contributed by atoms with Crippen LogP contribution in [0.1, 0.15) is 63.1 Å². The van der Waals surface area contributed by atoms with Crippen molar-refractivity contribution >= 4 is 27.5 Å². The molecule has 42 heavy (non-hydrogen) atoms. The molecule has 3 aromatic rings. The molecule has 1 fully saturated rings. The van der Waals surface area contributed by atoms with Gasteiger partial charge in [0.05, 0.1) is 11.9 Å². The summed E-state index contributed by atoms with van der Waals surface area (Å²) in [5.74, 6) is -0.651. The van der Waals surface area contributed by atoms with Crippen molar-refractivity contribution in [2.24, 2.45) is 0 Å². The Labute approximate surface area is 251 Å². The molecule has 1 saturated carbocycles. The summed E-state index contributed by atoms with van der Waals surface area (Å²) in [5, 5.41) is 3.19. The third kappa shape index (κ3) is 8.44. The number of nitrogens with one attached hydrogen (secondary N) is 1. The Morgan fingerprint density at radius 3 is 1.93 bits per heavy atom. The minimum atomic E-state index is -3.81. The Hall–Kier alpha value is -3.65. The van der Waals surface area contributed by atoms with Crippen LogP contribution in [-0.4, -0.2) is 50.0 Å². The van der Waals surface area contributed by atoms with Gasteiger partial charge in [-0.2, -0.15) is 0 Å². The smallest absolute Gasteiger partial charge is 0.244 e. The van der Waals surface area contributed by atoms with Crippen molar-refractivity contribution in [3.05, 3.63) is 102 Å². The third-order valence-electron chi connectivity index (χ3n) is 7.87. The highest BCUT2D eigenvalue weighted by molar-refractivity contribution is 7.92. The molecule has 7 nitrogen and oxygen atoms in total. The van der Waals surface area contributed by atoms with Crippen LogP contribution in [0.2, 0.25) is 0 Å². The maximum Gasteiger partial charge on any atom is 0.244 e. The number of sulfonamides is 1. The summed E-state index contributed by atoms with van der Waals surface area (Å²) in [5.41, 5.74) is 3.15. The molecule has 0 spiro atoms. The fraction of sp³-hybridized carbons (Fsp3) is 0.412. The zero-order chi connectivity index (χ0) is 30.3. The van der Waals surface area contributed by atoms with E-state index in [1.165, 1.54) is 0 Å². The van der Waals surface area contributed by atoms with Gasteiger partial charge in [-0.3, -0.25) is 13.9 Å². The van der Waals surface area contributed by atoms with E-state index >= 15 is 0 Å². The number of carbonyl (C=O) groups is 2. The zero-order valence-corrected chi connectivity index (χ0v) is 25.9. The molecule has 1 aliphatic carbocycles. The fourth-order valence-corrected chi connectivity index (χ4v) is 6.29. The first-order chi connectivity index (χ1) is 19.9. The molecule has 0 saturated heterocycles. The second kappa shape index (κ2) is 13.6. The number of rotatable bonds is 11. The average Bonchev–Trinajstić information content (AvgIpc) is 3.46. The standard InChI is InChI=1S/C34H43N3O4S/c1-34(2,3)28-19-21-30(22-20-28)37(42(4,40)41)25-32(38)36(24-27-15-9-6-10-16-27)31(23-26-13-7-5-8-14-26)33(39)35-29-17-11-12-18-29/h5-10,13-16,19-22,29,31H,11-12,17-18,23-25H2,1-4H3,(H,35,39)/t31-/m1/s1. The van der Waals surface area contributed by atoms with Crippen LogP contribution in [0.15, 0.2) is 84.9 Å². The summed E-state index contributed by atoms with van der Waals surface area (Å²) >= 11 is 0. The molecule has 0 unspecified atom stereocenters. The molecule has 8 heteroatoms. The Bertz CT molecular complexity index is 1430.